The van der Waals surface area contributed by atoms with Gasteiger partial charge in [-0.2, -0.15) is 0 Å². The maximum absolute atomic E-state index is 5.47. The lowest BCUT2D eigenvalue weighted by Crippen LogP contribution is -2.36. The third kappa shape index (κ3) is 7.28. The summed E-state index contributed by atoms with van der Waals surface area (Å²) in [6, 6.07) is 14.7. The van der Waals surface area contributed by atoms with E-state index in [-0.39, 0.29) is 24.0 Å². The number of ether oxygens (including phenoxy) is 1. The van der Waals surface area contributed by atoms with Gasteiger partial charge in [-0.05, 0) is 43.2 Å². The summed E-state index contributed by atoms with van der Waals surface area (Å²) in [4.78, 5) is 6.78. The topological polar surface area (TPSA) is 48.9 Å². The van der Waals surface area contributed by atoms with Crippen LogP contribution in [0.5, 0.6) is 5.75 Å². The molecule has 0 saturated heterocycles. The van der Waals surface area contributed by atoms with Crippen molar-refractivity contribution < 1.29 is 4.74 Å². The first-order chi connectivity index (χ1) is 12.5. The van der Waals surface area contributed by atoms with Crippen LogP contribution in [-0.4, -0.2) is 33.7 Å². The lowest BCUT2D eigenvalue weighted by atomic mass is 10.1. The zero-order valence-electron chi connectivity index (χ0n) is 16.9. The van der Waals surface area contributed by atoms with Crippen LogP contribution in [0.15, 0.2) is 47.5 Å². The molecule has 0 aromatic heterocycles. The number of halogens is 1. The molecule has 2 rings (SSSR count). The van der Waals surface area contributed by atoms with Gasteiger partial charge in [-0.15, -0.1) is 24.0 Å². The van der Waals surface area contributed by atoms with Crippen LogP contribution in [0.25, 0.3) is 0 Å². The molecule has 27 heavy (non-hydrogen) atoms. The van der Waals surface area contributed by atoms with Crippen molar-refractivity contribution in [2.75, 3.05) is 32.6 Å². The fourth-order valence-corrected chi connectivity index (χ4v) is 2.59. The number of aryl methyl sites for hydroxylation is 1. The first-order valence-corrected chi connectivity index (χ1v) is 8.95. The van der Waals surface area contributed by atoms with E-state index in [1.54, 1.807) is 7.11 Å². The van der Waals surface area contributed by atoms with Gasteiger partial charge in [-0.1, -0.05) is 24.3 Å². The third-order valence-corrected chi connectivity index (χ3v) is 4.11. The summed E-state index contributed by atoms with van der Waals surface area (Å²) in [6.45, 7) is 6.24. The number of benzene rings is 2. The molecule has 0 amide bonds. The molecule has 0 radical (unpaired) electrons. The highest BCUT2D eigenvalue weighted by atomic mass is 127. The number of methoxy groups -OCH3 is 1. The van der Waals surface area contributed by atoms with Gasteiger partial charge in [0.25, 0.3) is 0 Å². The predicted molar refractivity (Wildman–Crippen MR) is 126 cm³/mol. The second kappa shape index (κ2) is 11.7. The van der Waals surface area contributed by atoms with Crippen molar-refractivity contribution in [2.45, 2.75) is 26.9 Å². The summed E-state index contributed by atoms with van der Waals surface area (Å²) >= 11 is 0. The Morgan fingerprint density at radius 1 is 1.07 bits per heavy atom. The first kappa shape index (κ1) is 23.1. The highest BCUT2D eigenvalue weighted by Gasteiger charge is 2.05. The van der Waals surface area contributed by atoms with Gasteiger partial charge in [0.05, 0.1) is 13.7 Å². The van der Waals surface area contributed by atoms with E-state index in [1.807, 2.05) is 20.2 Å². The Balaban J connectivity index is 0.00000364. The van der Waals surface area contributed by atoms with E-state index in [0.717, 1.165) is 23.8 Å². The lowest BCUT2D eigenvalue weighted by molar-refractivity contribution is 0.408. The van der Waals surface area contributed by atoms with E-state index in [1.165, 1.54) is 16.8 Å². The van der Waals surface area contributed by atoms with Crippen molar-refractivity contribution in [3.05, 3.63) is 59.2 Å². The number of hydrogen-bond acceptors (Lipinski definition) is 3. The molecule has 0 aliphatic rings. The van der Waals surface area contributed by atoms with Gasteiger partial charge in [0.2, 0.25) is 0 Å². The average molecular weight is 482 g/mol. The van der Waals surface area contributed by atoms with Crippen LogP contribution in [-0.2, 0) is 13.1 Å². The Kier molecular flexibility index (Phi) is 9.99. The summed E-state index contributed by atoms with van der Waals surface area (Å²) in [5.41, 5.74) is 4.67. The van der Waals surface area contributed by atoms with Crippen LogP contribution in [0.2, 0.25) is 0 Å². The molecule has 0 atom stereocenters. The SMILES string of the molecule is CCNC(=NCc1ccc(N(C)C)cc1)NCc1ccc(C)cc1OC.I. The monoisotopic (exact) mass is 482 g/mol. The minimum atomic E-state index is 0. The smallest absolute Gasteiger partial charge is 0.191 e. The van der Waals surface area contributed by atoms with Gasteiger partial charge in [0, 0.05) is 38.4 Å². The van der Waals surface area contributed by atoms with Crippen molar-refractivity contribution in [3.63, 3.8) is 0 Å². The number of hydrogen-bond donors (Lipinski definition) is 2. The van der Waals surface area contributed by atoms with Gasteiger partial charge in [0.1, 0.15) is 5.75 Å². The molecular weight excluding hydrogens is 451 g/mol. The molecular formula is C21H31IN4O. The summed E-state index contributed by atoms with van der Waals surface area (Å²) in [5, 5.41) is 6.67. The molecule has 0 spiro atoms. The first-order valence-electron chi connectivity index (χ1n) is 8.95. The van der Waals surface area contributed by atoms with Crippen LogP contribution in [0.4, 0.5) is 5.69 Å². The second-order valence-corrected chi connectivity index (χ2v) is 6.42. The number of guanidine groups is 1. The molecule has 0 aliphatic heterocycles. The molecule has 2 N–H and O–H groups in total. The van der Waals surface area contributed by atoms with Crippen LogP contribution >= 0.6 is 24.0 Å². The summed E-state index contributed by atoms with van der Waals surface area (Å²) in [5.74, 6) is 1.69. The van der Waals surface area contributed by atoms with E-state index in [9.17, 15) is 0 Å². The number of rotatable bonds is 7. The van der Waals surface area contributed by atoms with Crippen LogP contribution in [0.1, 0.15) is 23.6 Å². The van der Waals surface area contributed by atoms with E-state index in [4.69, 9.17) is 4.74 Å². The zero-order chi connectivity index (χ0) is 18.9. The molecule has 0 bridgehead atoms. The standard InChI is InChI=1S/C21H30N4O.HI/c1-6-22-21(23-14-17-8-11-19(12-9-17)25(3)4)24-15-18-10-7-16(2)13-20(18)26-5;/h7-13H,6,14-15H2,1-5H3,(H2,22,23,24);1H. The van der Waals surface area contributed by atoms with Crippen LogP contribution in [0.3, 0.4) is 0 Å². The molecule has 0 heterocycles. The van der Waals surface area contributed by atoms with Gasteiger partial charge in [-0.3, -0.25) is 0 Å². The van der Waals surface area contributed by atoms with E-state index in [0.29, 0.717) is 13.1 Å². The van der Waals surface area contributed by atoms with Gasteiger partial charge in [0.15, 0.2) is 5.96 Å². The van der Waals surface area contributed by atoms with Crippen molar-refractivity contribution >= 4 is 35.6 Å². The number of anilines is 1. The average Bonchev–Trinajstić information content (AvgIpc) is 2.65. The molecule has 2 aromatic carbocycles. The zero-order valence-corrected chi connectivity index (χ0v) is 19.2. The third-order valence-electron chi connectivity index (χ3n) is 4.11. The summed E-state index contributed by atoms with van der Waals surface area (Å²) < 4.78 is 5.47. The summed E-state index contributed by atoms with van der Waals surface area (Å²) in [6.07, 6.45) is 0. The highest BCUT2D eigenvalue weighted by Crippen LogP contribution is 2.19. The molecule has 0 aliphatic carbocycles. The number of nitrogens with zero attached hydrogens (tertiary/aromatic N) is 2. The molecule has 0 unspecified atom stereocenters. The van der Waals surface area contributed by atoms with Gasteiger partial charge >= 0.3 is 0 Å². The molecule has 6 heteroatoms. The Morgan fingerprint density at radius 3 is 2.37 bits per heavy atom. The molecule has 0 saturated carbocycles. The van der Waals surface area contributed by atoms with E-state index < -0.39 is 0 Å². The van der Waals surface area contributed by atoms with Crippen LogP contribution < -0.4 is 20.3 Å². The minimum absolute atomic E-state index is 0. The van der Waals surface area contributed by atoms with E-state index >= 15 is 0 Å². The predicted octanol–water partition coefficient (Wildman–Crippen LogP) is 3.94. The van der Waals surface area contributed by atoms with Crippen molar-refractivity contribution in [1.82, 2.24) is 10.6 Å². The fraction of sp³-hybridized carbons (Fsp3) is 0.381. The largest absolute Gasteiger partial charge is 0.496 e. The fourth-order valence-electron chi connectivity index (χ4n) is 2.59. The lowest BCUT2D eigenvalue weighted by Gasteiger charge is -2.14. The molecule has 148 valence electrons. The van der Waals surface area contributed by atoms with Crippen molar-refractivity contribution in [3.8, 4) is 5.75 Å². The number of aliphatic imine (C=N–C) groups is 1. The van der Waals surface area contributed by atoms with Gasteiger partial charge < -0.3 is 20.3 Å². The normalized spacial score (nSPS) is 10.8. The highest BCUT2D eigenvalue weighted by molar-refractivity contribution is 14.0. The Morgan fingerprint density at radius 2 is 1.78 bits per heavy atom. The Bertz CT molecular complexity index is 729. The van der Waals surface area contributed by atoms with Crippen LogP contribution in [0, 0.1) is 6.92 Å². The Labute approximate surface area is 180 Å². The van der Waals surface area contributed by atoms with Crippen molar-refractivity contribution in [2.24, 2.45) is 4.99 Å². The second-order valence-electron chi connectivity index (χ2n) is 6.42. The quantitative estimate of drug-likeness (QED) is 0.357. The summed E-state index contributed by atoms with van der Waals surface area (Å²) in [7, 11) is 5.79. The molecule has 0 fully saturated rings. The minimum Gasteiger partial charge on any atom is -0.496 e. The van der Waals surface area contributed by atoms with E-state index in [2.05, 4.69) is 70.8 Å². The molecule has 2 aromatic rings. The number of nitrogens with one attached hydrogen (secondary N) is 2. The van der Waals surface area contributed by atoms with Crippen molar-refractivity contribution in [1.29, 1.82) is 0 Å². The Hall–Kier alpha value is -1.96. The maximum Gasteiger partial charge on any atom is 0.191 e. The molecule has 5 nitrogen and oxygen atoms in total. The maximum atomic E-state index is 5.47. The van der Waals surface area contributed by atoms with Gasteiger partial charge in [-0.25, -0.2) is 4.99 Å².